The van der Waals surface area contributed by atoms with Crippen LogP contribution in [-0.2, 0) is 11.3 Å². The van der Waals surface area contributed by atoms with E-state index in [1.807, 2.05) is 12.5 Å². The van der Waals surface area contributed by atoms with E-state index in [2.05, 4.69) is 25.1 Å². The van der Waals surface area contributed by atoms with Crippen molar-refractivity contribution in [2.45, 2.75) is 6.54 Å². The molecule has 0 unspecified atom stereocenters. The van der Waals surface area contributed by atoms with Crippen molar-refractivity contribution in [2.24, 2.45) is 4.99 Å². The second-order valence-corrected chi connectivity index (χ2v) is 6.83. The van der Waals surface area contributed by atoms with Crippen molar-refractivity contribution in [3.63, 3.8) is 0 Å². The zero-order valence-electron chi connectivity index (χ0n) is 15.4. The third-order valence-electron chi connectivity index (χ3n) is 4.35. The van der Waals surface area contributed by atoms with E-state index >= 15 is 0 Å². The number of hydroxylamine groups is 1. The van der Waals surface area contributed by atoms with E-state index in [1.54, 1.807) is 0 Å². The van der Waals surface area contributed by atoms with Gasteiger partial charge >= 0.3 is 0 Å². The molecular formula is C17H22ClFN6O3. The van der Waals surface area contributed by atoms with Crippen LogP contribution in [0.3, 0.4) is 0 Å². The third-order valence-corrected chi connectivity index (χ3v) is 4.64. The van der Waals surface area contributed by atoms with Gasteiger partial charge in [-0.2, -0.15) is 0 Å². The zero-order valence-corrected chi connectivity index (χ0v) is 16.2. The highest BCUT2D eigenvalue weighted by atomic mass is 35.5. The summed E-state index contributed by atoms with van der Waals surface area (Å²) in [6, 6.07) is 3.97. The van der Waals surface area contributed by atoms with Crippen LogP contribution in [0.1, 0.15) is 11.4 Å². The SMILES string of the molecule is CN(CCN1CCOCC1)Cc1nonc1C(=Nc1ccc(F)c(Cl)c1)NO. The molecule has 0 atom stereocenters. The maximum absolute atomic E-state index is 13.3. The van der Waals surface area contributed by atoms with Crippen molar-refractivity contribution in [3.8, 4) is 0 Å². The highest BCUT2D eigenvalue weighted by Crippen LogP contribution is 2.22. The summed E-state index contributed by atoms with van der Waals surface area (Å²) >= 11 is 5.77. The summed E-state index contributed by atoms with van der Waals surface area (Å²) in [5.74, 6) is -0.523. The Labute approximate surface area is 166 Å². The van der Waals surface area contributed by atoms with Crippen LogP contribution in [0.25, 0.3) is 0 Å². The first-order valence-corrected chi connectivity index (χ1v) is 9.19. The number of nitrogens with zero attached hydrogens (tertiary/aromatic N) is 5. The van der Waals surface area contributed by atoms with Gasteiger partial charge in [0.1, 0.15) is 11.5 Å². The molecule has 11 heteroatoms. The van der Waals surface area contributed by atoms with Crippen molar-refractivity contribution in [1.82, 2.24) is 25.6 Å². The molecule has 152 valence electrons. The smallest absolute Gasteiger partial charge is 0.182 e. The molecule has 0 aliphatic carbocycles. The highest BCUT2D eigenvalue weighted by Gasteiger charge is 2.19. The number of nitrogens with one attached hydrogen (secondary N) is 1. The topological polar surface area (TPSA) is 99.3 Å². The molecule has 0 spiro atoms. The minimum Gasteiger partial charge on any atom is -0.379 e. The lowest BCUT2D eigenvalue weighted by Gasteiger charge is -2.28. The number of benzene rings is 1. The molecule has 0 bridgehead atoms. The molecule has 3 rings (SSSR count). The van der Waals surface area contributed by atoms with Crippen LogP contribution >= 0.6 is 11.6 Å². The minimum absolute atomic E-state index is 0.0282. The molecule has 2 aromatic rings. The van der Waals surface area contributed by atoms with E-state index in [9.17, 15) is 9.60 Å². The van der Waals surface area contributed by atoms with Crippen LogP contribution in [0.15, 0.2) is 27.8 Å². The number of aliphatic imine (C=N–C) groups is 1. The molecule has 0 amide bonds. The van der Waals surface area contributed by atoms with E-state index in [0.717, 1.165) is 39.4 Å². The molecule has 1 aliphatic rings. The third kappa shape index (κ3) is 5.46. The van der Waals surface area contributed by atoms with Gasteiger partial charge in [0, 0.05) is 32.7 Å². The summed E-state index contributed by atoms with van der Waals surface area (Å²) in [4.78, 5) is 8.62. The van der Waals surface area contributed by atoms with Crippen molar-refractivity contribution >= 4 is 23.1 Å². The lowest BCUT2D eigenvalue weighted by atomic mass is 10.2. The molecule has 1 aromatic carbocycles. The van der Waals surface area contributed by atoms with Crippen LogP contribution in [0.5, 0.6) is 0 Å². The number of hydrogen-bond acceptors (Lipinski definition) is 8. The number of morpholine rings is 1. The summed E-state index contributed by atoms with van der Waals surface area (Å²) < 4.78 is 23.5. The second-order valence-electron chi connectivity index (χ2n) is 6.42. The molecule has 0 saturated carbocycles. The van der Waals surface area contributed by atoms with Gasteiger partial charge in [-0.25, -0.2) is 14.0 Å². The number of halogens is 2. The standard InChI is InChI=1S/C17H22ClFN6O3/c1-24(4-5-25-6-8-27-9-7-25)11-15-16(23-28-22-15)17(21-26)20-12-2-3-14(19)13(18)10-12/h2-3,10,26H,4-9,11H2,1H3,(H,20,21). The van der Waals surface area contributed by atoms with E-state index in [4.69, 9.17) is 21.0 Å². The quantitative estimate of drug-likeness (QED) is 0.402. The summed E-state index contributed by atoms with van der Waals surface area (Å²) in [5.41, 5.74) is 3.12. The fourth-order valence-electron chi connectivity index (χ4n) is 2.78. The highest BCUT2D eigenvalue weighted by molar-refractivity contribution is 6.31. The molecule has 0 radical (unpaired) electrons. The van der Waals surface area contributed by atoms with Crippen molar-refractivity contribution < 1.29 is 19.0 Å². The fraction of sp³-hybridized carbons (Fsp3) is 0.471. The summed E-state index contributed by atoms with van der Waals surface area (Å²) in [7, 11) is 1.96. The first-order chi connectivity index (χ1) is 13.6. The lowest BCUT2D eigenvalue weighted by Crippen LogP contribution is -2.40. The van der Waals surface area contributed by atoms with Gasteiger partial charge in [0.2, 0.25) is 0 Å². The first kappa shape index (κ1) is 20.6. The van der Waals surface area contributed by atoms with E-state index in [0.29, 0.717) is 17.9 Å². The normalized spacial score (nSPS) is 16.0. The summed E-state index contributed by atoms with van der Waals surface area (Å²) in [6.45, 7) is 5.56. The van der Waals surface area contributed by atoms with Crippen LogP contribution < -0.4 is 5.48 Å². The van der Waals surface area contributed by atoms with Crippen LogP contribution in [0.4, 0.5) is 10.1 Å². The molecule has 2 N–H and O–H groups in total. The van der Waals surface area contributed by atoms with Gasteiger partial charge in [-0.15, -0.1) is 0 Å². The Balaban J connectivity index is 1.66. The van der Waals surface area contributed by atoms with Gasteiger partial charge in [-0.3, -0.25) is 20.5 Å². The van der Waals surface area contributed by atoms with E-state index in [-0.39, 0.29) is 16.6 Å². The van der Waals surface area contributed by atoms with Gasteiger partial charge < -0.3 is 4.74 Å². The lowest BCUT2D eigenvalue weighted by molar-refractivity contribution is 0.0341. The van der Waals surface area contributed by atoms with Crippen LogP contribution in [-0.4, -0.2) is 77.6 Å². The Morgan fingerprint density at radius 1 is 1.39 bits per heavy atom. The number of amidine groups is 1. The number of rotatable bonds is 7. The molecule has 1 saturated heterocycles. The second kappa shape index (κ2) is 9.89. The van der Waals surface area contributed by atoms with Gasteiger partial charge in [0.15, 0.2) is 11.5 Å². The monoisotopic (exact) mass is 412 g/mol. The maximum atomic E-state index is 13.3. The largest absolute Gasteiger partial charge is 0.379 e. The summed E-state index contributed by atoms with van der Waals surface area (Å²) in [6.07, 6.45) is 0. The Kier molecular flexibility index (Phi) is 7.29. The van der Waals surface area contributed by atoms with Gasteiger partial charge in [0.25, 0.3) is 0 Å². The van der Waals surface area contributed by atoms with Gasteiger partial charge in [0.05, 0.1) is 23.9 Å². The van der Waals surface area contributed by atoms with Gasteiger partial charge in [-0.05, 0) is 30.4 Å². The Morgan fingerprint density at radius 2 is 2.18 bits per heavy atom. The summed E-state index contributed by atoms with van der Waals surface area (Å²) in [5, 5.41) is 17.2. The van der Waals surface area contributed by atoms with Crippen molar-refractivity contribution in [1.29, 1.82) is 0 Å². The minimum atomic E-state index is -0.551. The first-order valence-electron chi connectivity index (χ1n) is 8.81. The van der Waals surface area contributed by atoms with Crippen molar-refractivity contribution in [2.75, 3.05) is 46.4 Å². The Bertz CT molecular complexity index is 812. The molecule has 2 heterocycles. The molecule has 28 heavy (non-hydrogen) atoms. The van der Waals surface area contributed by atoms with Gasteiger partial charge in [-0.1, -0.05) is 16.8 Å². The zero-order chi connectivity index (χ0) is 19.9. The van der Waals surface area contributed by atoms with Crippen LogP contribution in [0.2, 0.25) is 5.02 Å². The molecule has 1 fully saturated rings. The number of hydrogen-bond donors (Lipinski definition) is 2. The Morgan fingerprint density at radius 3 is 2.89 bits per heavy atom. The predicted molar refractivity (Wildman–Crippen MR) is 100 cm³/mol. The van der Waals surface area contributed by atoms with Crippen molar-refractivity contribution in [3.05, 3.63) is 40.4 Å². The maximum Gasteiger partial charge on any atom is 0.182 e. The number of ether oxygens (including phenoxy) is 1. The average Bonchev–Trinajstić information content (AvgIpc) is 3.16. The predicted octanol–water partition coefficient (Wildman–Crippen LogP) is 1.68. The molecule has 1 aromatic heterocycles. The fourth-order valence-corrected chi connectivity index (χ4v) is 2.95. The molecular weight excluding hydrogens is 391 g/mol. The van der Waals surface area contributed by atoms with E-state index < -0.39 is 5.82 Å². The Hall–Kier alpha value is -2.11. The average molecular weight is 413 g/mol. The van der Waals surface area contributed by atoms with Crippen LogP contribution in [0, 0.1) is 5.82 Å². The van der Waals surface area contributed by atoms with E-state index in [1.165, 1.54) is 18.2 Å². The molecule has 9 nitrogen and oxygen atoms in total. The molecule has 1 aliphatic heterocycles. The number of aromatic nitrogens is 2. The number of likely N-dealkylation sites (N-methyl/N-ethyl adjacent to an activating group) is 1.